The first-order chi connectivity index (χ1) is 4.98. The highest BCUT2D eigenvalue weighted by Crippen LogP contribution is 2.02. The highest BCUT2D eigenvalue weighted by molar-refractivity contribution is 6.82. The zero-order chi connectivity index (χ0) is 8.91. The molecule has 1 N–H and O–H groups in total. The quantitative estimate of drug-likeness (QED) is 0.634. The van der Waals surface area contributed by atoms with Crippen LogP contribution in [0.1, 0.15) is 0 Å². The Hall–Kier alpha value is -0.613. The van der Waals surface area contributed by atoms with E-state index in [2.05, 4.69) is 19.7 Å². The molecule has 0 aliphatic carbocycles. The van der Waals surface area contributed by atoms with Crippen LogP contribution in [0.2, 0.25) is 13.1 Å². The fourth-order valence-corrected chi connectivity index (χ4v) is 1.21. The number of aliphatic carboxylic acids is 1. The molecule has 3 nitrogen and oxygen atoms in total. The second-order valence-corrected chi connectivity index (χ2v) is 7.75. The Kier molecular flexibility index (Phi) is 4.06. The van der Waals surface area contributed by atoms with Crippen LogP contribution in [0.25, 0.3) is 0 Å². The highest BCUT2D eigenvalue weighted by Gasteiger charge is 2.16. The Morgan fingerprint density at radius 3 is 2.64 bits per heavy atom. The van der Waals surface area contributed by atoms with E-state index in [-0.39, 0.29) is 6.61 Å². The molecule has 0 aliphatic rings. The van der Waals surface area contributed by atoms with E-state index >= 15 is 0 Å². The van der Waals surface area contributed by atoms with E-state index < -0.39 is 14.0 Å². The van der Waals surface area contributed by atoms with Crippen molar-refractivity contribution in [1.29, 1.82) is 0 Å². The summed E-state index contributed by atoms with van der Waals surface area (Å²) in [6.07, 6.45) is 0.531. The maximum absolute atomic E-state index is 10.0. The molecular formula is C7H14O3Si. The predicted molar refractivity (Wildman–Crippen MR) is 46.1 cm³/mol. The summed E-state index contributed by atoms with van der Waals surface area (Å²) in [5, 5.41) is 8.25. The standard InChI is InChI=1S/C7H14O3Si/c1-4-11(2,3)6-10-5-7(8)9/h4H,1,5-6H2,2-3H3,(H,8,9). The van der Waals surface area contributed by atoms with Gasteiger partial charge in [0.15, 0.2) is 0 Å². The lowest BCUT2D eigenvalue weighted by molar-refractivity contribution is -0.141. The third-order valence-electron chi connectivity index (χ3n) is 1.25. The van der Waals surface area contributed by atoms with Crippen LogP contribution in [-0.2, 0) is 9.53 Å². The summed E-state index contributed by atoms with van der Waals surface area (Å²) < 4.78 is 4.94. The molecule has 0 heterocycles. The lowest BCUT2D eigenvalue weighted by Crippen LogP contribution is -2.31. The average molecular weight is 174 g/mol. The van der Waals surface area contributed by atoms with Crippen LogP contribution in [0, 0.1) is 0 Å². The smallest absolute Gasteiger partial charge is 0.329 e. The van der Waals surface area contributed by atoms with Crippen LogP contribution < -0.4 is 0 Å². The number of hydrogen-bond acceptors (Lipinski definition) is 2. The molecule has 0 saturated carbocycles. The van der Waals surface area contributed by atoms with Gasteiger partial charge in [0.25, 0.3) is 0 Å². The molecule has 0 saturated heterocycles. The topological polar surface area (TPSA) is 46.5 Å². The molecule has 4 heteroatoms. The highest BCUT2D eigenvalue weighted by atomic mass is 28.3. The molecule has 0 fully saturated rings. The summed E-state index contributed by atoms with van der Waals surface area (Å²) >= 11 is 0. The fraction of sp³-hybridized carbons (Fsp3) is 0.571. The van der Waals surface area contributed by atoms with Gasteiger partial charge in [0.2, 0.25) is 0 Å². The average Bonchev–Trinajstić information content (AvgIpc) is 1.87. The summed E-state index contributed by atoms with van der Waals surface area (Å²) in [5.74, 6) is -0.918. The summed E-state index contributed by atoms with van der Waals surface area (Å²) in [6, 6.07) is 0. The van der Waals surface area contributed by atoms with Crippen LogP contribution in [0.5, 0.6) is 0 Å². The zero-order valence-corrected chi connectivity index (χ0v) is 7.96. The van der Waals surface area contributed by atoms with Crippen molar-refractivity contribution in [1.82, 2.24) is 0 Å². The summed E-state index contributed by atoms with van der Waals surface area (Å²) in [7, 11) is -1.47. The Morgan fingerprint density at radius 1 is 1.73 bits per heavy atom. The molecule has 0 spiro atoms. The normalized spacial score (nSPS) is 11.1. The molecule has 0 radical (unpaired) electrons. The van der Waals surface area contributed by atoms with Crippen molar-refractivity contribution in [3.63, 3.8) is 0 Å². The number of rotatable bonds is 5. The molecule has 0 unspecified atom stereocenters. The van der Waals surface area contributed by atoms with Gasteiger partial charge < -0.3 is 9.84 Å². The van der Waals surface area contributed by atoms with E-state index in [0.717, 1.165) is 0 Å². The molecular weight excluding hydrogens is 160 g/mol. The molecule has 11 heavy (non-hydrogen) atoms. The number of hydrogen-bond donors (Lipinski definition) is 1. The van der Waals surface area contributed by atoms with E-state index in [9.17, 15) is 4.79 Å². The Labute approximate surface area is 67.7 Å². The van der Waals surface area contributed by atoms with Gasteiger partial charge in [-0.2, -0.15) is 0 Å². The third kappa shape index (κ3) is 5.81. The van der Waals surface area contributed by atoms with E-state index in [1.165, 1.54) is 0 Å². The van der Waals surface area contributed by atoms with Gasteiger partial charge in [-0.15, -0.1) is 6.58 Å². The van der Waals surface area contributed by atoms with Crippen molar-refractivity contribution in [2.75, 3.05) is 12.8 Å². The lowest BCUT2D eigenvalue weighted by atomic mass is 10.8. The molecule has 0 bridgehead atoms. The SMILES string of the molecule is C=C[Si](C)(C)COCC(=O)O. The van der Waals surface area contributed by atoms with E-state index in [0.29, 0.717) is 6.23 Å². The molecule has 0 atom stereocenters. The molecule has 0 aromatic heterocycles. The minimum atomic E-state index is -1.47. The minimum Gasteiger partial charge on any atom is -0.480 e. The van der Waals surface area contributed by atoms with Gasteiger partial charge in [0.1, 0.15) is 14.7 Å². The molecule has 0 aromatic rings. The first-order valence-electron chi connectivity index (χ1n) is 3.41. The van der Waals surface area contributed by atoms with Gasteiger partial charge in [0.05, 0.1) is 0 Å². The van der Waals surface area contributed by atoms with Gasteiger partial charge in [-0.05, 0) is 0 Å². The van der Waals surface area contributed by atoms with E-state index in [1.807, 2.05) is 5.70 Å². The van der Waals surface area contributed by atoms with Crippen LogP contribution in [0.15, 0.2) is 12.3 Å². The van der Waals surface area contributed by atoms with Crippen molar-refractivity contribution in [3.05, 3.63) is 12.3 Å². The van der Waals surface area contributed by atoms with Gasteiger partial charge in [-0.25, -0.2) is 4.79 Å². The third-order valence-corrected chi connectivity index (χ3v) is 3.31. The lowest BCUT2D eigenvalue weighted by Gasteiger charge is -2.15. The zero-order valence-electron chi connectivity index (χ0n) is 6.96. The maximum Gasteiger partial charge on any atom is 0.329 e. The van der Waals surface area contributed by atoms with Crippen molar-refractivity contribution >= 4 is 14.0 Å². The Bertz CT molecular complexity index is 154. The fourth-order valence-electron chi connectivity index (χ4n) is 0.460. The molecule has 64 valence electrons. The first-order valence-corrected chi connectivity index (χ1v) is 6.69. The largest absolute Gasteiger partial charge is 0.480 e. The van der Waals surface area contributed by atoms with Crippen LogP contribution in [0.4, 0.5) is 0 Å². The predicted octanol–water partition coefficient (Wildman–Crippen LogP) is 1.06. The Balaban J connectivity index is 3.53. The van der Waals surface area contributed by atoms with Crippen molar-refractivity contribution in [2.24, 2.45) is 0 Å². The molecule has 0 aromatic carbocycles. The van der Waals surface area contributed by atoms with Crippen molar-refractivity contribution in [3.8, 4) is 0 Å². The number of carboxylic acids is 1. The number of carboxylic acid groups (broad SMARTS) is 1. The van der Waals surface area contributed by atoms with Gasteiger partial charge in [-0.1, -0.05) is 18.8 Å². The van der Waals surface area contributed by atoms with Gasteiger partial charge >= 0.3 is 5.97 Å². The van der Waals surface area contributed by atoms with Crippen molar-refractivity contribution < 1.29 is 14.6 Å². The second kappa shape index (κ2) is 4.30. The van der Waals surface area contributed by atoms with Crippen molar-refractivity contribution in [2.45, 2.75) is 13.1 Å². The summed E-state index contributed by atoms with van der Waals surface area (Å²) in [6.45, 7) is 7.60. The maximum atomic E-state index is 10.0. The minimum absolute atomic E-state index is 0.204. The van der Waals surface area contributed by atoms with E-state index in [4.69, 9.17) is 9.84 Å². The molecule has 0 rings (SSSR count). The Morgan fingerprint density at radius 2 is 2.27 bits per heavy atom. The second-order valence-electron chi connectivity index (χ2n) is 3.08. The summed E-state index contributed by atoms with van der Waals surface area (Å²) in [4.78, 5) is 10.0. The van der Waals surface area contributed by atoms with E-state index in [1.54, 1.807) is 0 Å². The summed E-state index contributed by atoms with van der Waals surface area (Å²) in [5.41, 5.74) is 1.88. The molecule has 0 aliphatic heterocycles. The molecule has 0 amide bonds. The van der Waals surface area contributed by atoms with Gasteiger partial charge in [0, 0.05) is 6.23 Å². The number of carbonyl (C=O) groups is 1. The van der Waals surface area contributed by atoms with Crippen LogP contribution in [-0.4, -0.2) is 32.0 Å². The number of ether oxygens (including phenoxy) is 1. The van der Waals surface area contributed by atoms with Gasteiger partial charge in [-0.3, -0.25) is 0 Å². The van der Waals surface area contributed by atoms with Crippen LogP contribution >= 0.6 is 0 Å². The van der Waals surface area contributed by atoms with Crippen LogP contribution in [0.3, 0.4) is 0 Å². The monoisotopic (exact) mass is 174 g/mol. The first kappa shape index (κ1) is 10.4.